The lowest BCUT2D eigenvalue weighted by atomic mass is 9.78. The van der Waals surface area contributed by atoms with E-state index in [4.69, 9.17) is 21.5 Å². The summed E-state index contributed by atoms with van der Waals surface area (Å²) in [6.07, 6.45) is 1.64. The van der Waals surface area contributed by atoms with Crippen molar-refractivity contribution >= 4 is 33.7 Å². The number of likely N-dealkylation sites (N-methyl/N-ethyl adjacent to an activating group) is 1. The summed E-state index contributed by atoms with van der Waals surface area (Å²) in [4.78, 5) is 22.6. The molecular weight excluding hydrogens is 571 g/mol. The molecule has 40 heavy (non-hydrogen) atoms. The van der Waals surface area contributed by atoms with Crippen molar-refractivity contribution in [1.82, 2.24) is 19.9 Å². The van der Waals surface area contributed by atoms with Crippen LogP contribution in [0.15, 0.2) is 60.0 Å². The van der Waals surface area contributed by atoms with Gasteiger partial charge in [0, 0.05) is 24.5 Å². The molecular formula is C26H29ClF3N5O4S. The maximum absolute atomic E-state index is 13.4. The van der Waals surface area contributed by atoms with E-state index in [1.165, 1.54) is 30.9 Å². The molecule has 1 aliphatic rings. The quantitative estimate of drug-likeness (QED) is 0.365. The smallest absolute Gasteiger partial charge is 0.417 e. The second-order valence-corrected chi connectivity index (χ2v) is 11.9. The molecule has 1 aliphatic carbocycles. The van der Waals surface area contributed by atoms with Crippen molar-refractivity contribution in [2.75, 3.05) is 19.4 Å². The maximum Gasteiger partial charge on any atom is 0.417 e. The van der Waals surface area contributed by atoms with Crippen LogP contribution >= 0.6 is 11.6 Å². The van der Waals surface area contributed by atoms with E-state index in [-0.39, 0.29) is 40.1 Å². The molecule has 14 heteroatoms. The van der Waals surface area contributed by atoms with Gasteiger partial charge in [-0.25, -0.2) is 23.4 Å². The lowest BCUT2D eigenvalue weighted by Crippen LogP contribution is -2.47. The Balaban J connectivity index is 0.00000141. The topological polar surface area (TPSA) is 125 Å². The van der Waals surface area contributed by atoms with Crippen molar-refractivity contribution in [3.05, 3.63) is 77.0 Å². The first-order valence-electron chi connectivity index (χ1n) is 12.2. The molecule has 0 spiro atoms. The summed E-state index contributed by atoms with van der Waals surface area (Å²) in [7, 11) is 0.242. The van der Waals surface area contributed by atoms with Gasteiger partial charge in [0.2, 0.25) is 0 Å². The number of pyridine rings is 1. The number of rotatable bonds is 7. The van der Waals surface area contributed by atoms with Crippen molar-refractivity contribution < 1.29 is 31.5 Å². The summed E-state index contributed by atoms with van der Waals surface area (Å²) in [6, 6.07) is 8.84. The van der Waals surface area contributed by atoms with Crippen LogP contribution in [0.4, 0.5) is 19.0 Å². The van der Waals surface area contributed by atoms with E-state index in [1.807, 2.05) is 19.0 Å². The van der Waals surface area contributed by atoms with Crippen molar-refractivity contribution in [2.45, 2.75) is 54.1 Å². The van der Waals surface area contributed by atoms with Crippen LogP contribution in [0.2, 0.25) is 5.02 Å². The van der Waals surface area contributed by atoms with Gasteiger partial charge in [-0.05, 0) is 75.2 Å². The molecule has 0 amide bonds. The largest absolute Gasteiger partial charge is 0.483 e. The van der Waals surface area contributed by atoms with E-state index in [0.29, 0.717) is 36.3 Å². The van der Waals surface area contributed by atoms with Gasteiger partial charge < -0.3 is 15.3 Å². The van der Waals surface area contributed by atoms with Gasteiger partial charge in [-0.1, -0.05) is 17.7 Å². The molecule has 0 aliphatic heterocycles. The third kappa shape index (κ3) is 8.12. The van der Waals surface area contributed by atoms with Crippen LogP contribution in [0.5, 0.6) is 0 Å². The van der Waals surface area contributed by atoms with E-state index >= 15 is 0 Å². The SMILES string of the molecule is CN(C)[C@H]1C[C@@H](c2ccc(Cl)c(C(F)(F)F)c2)CC[C@@H]1Nc1ccc(S(=O)(=O)Cc2ccncn2)cn1.O=CO. The van der Waals surface area contributed by atoms with Crippen LogP contribution in [0, 0.1) is 0 Å². The normalized spacial score (nSPS) is 19.4. The van der Waals surface area contributed by atoms with Gasteiger partial charge in [0.25, 0.3) is 6.47 Å². The molecule has 0 radical (unpaired) electrons. The lowest BCUT2D eigenvalue weighted by molar-refractivity contribution is -0.137. The fourth-order valence-electron chi connectivity index (χ4n) is 4.72. The number of nitrogens with zero attached hydrogens (tertiary/aromatic N) is 4. The summed E-state index contributed by atoms with van der Waals surface area (Å²) >= 11 is 5.80. The number of halogens is 4. The third-order valence-electron chi connectivity index (χ3n) is 6.66. The number of alkyl halides is 3. The highest BCUT2D eigenvalue weighted by Crippen LogP contribution is 2.40. The van der Waals surface area contributed by atoms with Gasteiger partial charge >= 0.3 is 6.18 Å². The number of sulfone groups is 1. The maximum atomic E-state index is 13.4. The molecule has 9 nitrogen and oxygen atoms in total. The predicted molar refractivity (Wildman–Crippen MR) is 144 cm³/mol. The van der Waals surface area contributed by atoms with Gasteiger partial charge in [-0.2, -0.15) is 13.2 Å². The molecule has 2 aromatic heterocycles. The molecule has 0 unspecified atom stereocenters. The van der Waals surface area contributed by atoms with Crippen LogP contribution in [0.3, 0.4) is 0 Å². The third-order valence-corrected chi connectivity index (χ3v) is 8.62. The van der Waals surface area contributed by atoms with E-state index < -0.39 is 21.6 Å². The molecule has 0 saturated heterocycles. The Hall–Kier alpha value is -3.29. The molecule has 216 valence electrons. The molecule has 3 aromatic rings. The lowest BCUT2D eigenvalue weighted by Gasteiger charge is -2.40. The van der Waals surface area contributed by atoms with Crippen molar-refractivity contribution in [3.63, 3.8) is 0 Å². The summed E-state index contributed by atoms with van der Waals surface area (Å²) in [5.74, 6) is 0.227. The first-order valence-corrected chi connectivity index (χ1v) is 14.2. The number of carboxylic acid groups (broad SMARTS) is 1. The van der Waals surface area contributed by atoms with Crippen LogP contribution in [0.1, 0.15) is 42.0 Å². The number of benzene rings is 1. The van der Waals surface area contributed by atoms with Gasteiger partial charge in [-0.15, -0.1) is 0 Å². The summed E-state index contributed by atoms with van der Waals surface area (Å²) in [5.41, 5.74) is 0.205. The Labute approximate surface area is 235 Å². The van der Waals surface area contributed by atoms with E-state index in [9.17, 15) is 21.6 Å². The Bertz CT molecular complexity index is 1380. The minimum absolute atomic E-state index is 0.0170. The van der Waals surface area contributed by atoms with Gasteiger partial charge in [0.1, 0.15) is 12.1 Å². The average molecular weight is 600 g/mol. The zero-order valence-corrected chi connectivity index (χ0v) is 23.3. The molecule has 1 saturated carbocycles. The number of hydrogen-bond donors (Lipinski definition) is 2. The molecule has 0 bridgehead atoms. The van der Waals surface area contributed by atoms with Crippen LogP contribution in [-0.4, -0.2) is 66.0 Å². The van der Waals surface area contributed by atoms with Gasteiger partial charge in [-0.3, -0.25) is 4.79 Å². The number of anilines is 1. The molecule has 1 aromatic carbocycles. The first kappa shape index (κ1) is 31.2. The highest BCUT2D eigenvalue weighted by molar-refractivity contribution is 7.90. The van der Waals surface area contributed by atoms with Gasteiger partial charge in [0.05, 0.1) is 26.9 Å². The zero-order valence-electron chi connectivity index (χ0n) is 21.7. The standard InChI is InChI=1S/C25H27ClF3N5O2S.CH2O2/c1-34(2)23-12-17(16-3-6-21(26)20(11-16)25(27,28)29)4-7-22(23)33-24-8-5-19(13-31-24)37(35,36)14-18-9-10-30-15-32-18;2-1-3/h3,5-6,8-11,13,15,17,22-23H,4,7,12,14H2,1-2H3,(H,31,33);1H,(H,2,3)/t17-,22-,23-;/m0./s1. The van der Waals surface area contributed by atoms with Gasteiger partial charge in [0.15, 0.2) is 9.84 Å². The minimum atomic E-state index is -4.51. The van der Waals surface area contributed by atoms with Crippen LogP contribution in [0.25, 0.3) is 0 Å². The van der Waals surface area contributed by atoms with E-state index in [0.717, 1.165) is 6.07 Å². The van der Waals surface area contributed by atoms with Crippen molar-refractivity contribution in [1.29, 1.82) is 0 Å². The zero-order chi connectivity index (χ0) is 29.5. The van der Waals surface area contributed by atoms with Crippen molar-refractivity contribution in [2.24, 2.45) is 0 Å². The predicted octanol–water partition coefficient (Wildman–Crippen LogP) is 4.90. The highest BCUT2D eigenvalue weighted by atomic mass is 35.5. The van der Waals surface area contributed by atoms with E-state index in [2.05, 4.69) is 20.3 Å². The number of hydrogen-bond acceptors (Lipinski definition) is 8. The average Bonchev–Trinajstić information content (AvgIpc) is 2.89. The fourth-order valence-corrected chi connectivity index (χ4v) is 6.16. The Morgan fingerprint density at radius 2 is 1.88 bits per heavy atom. The summed E-state index contributed by atoms with van der Waals surface area (Å²) in [5, 5.41) is 9.98. The molecule has 4 rings (SSSR count). The summed E-state index contributed by atoms with van der Waals surface area (Å²) < 4.78 is 65.5. The van der Waals surface area contributed by atoms with Crippen LogP contribution < -0.4 is 5.32 Å². The Morgan fingerprint density at radius 1 is 1.15 bits per heavy atom. The molecule has 3 atom stereocenters. The second-order valence-electron chi connectivity index (χ2n) is 9.47. The van der Waals surface area contributed by atoms with E-state index in [1.54, 1.807) is 18.2 Å². The first-order chi connectivity index (χ1) is 18.9. The number of aromatic nitrogens is 3. The summed E-state index contributed by atoms with van der Waals surface area (Å²) in [6.45, 7) is -0.250. The highest BCUT2D eigenvalue weighted by Gasteiger charge is 2.36. The minimum Gasteiger partial charge on any atom is -0.483 e. The molecule has 1 fully saturated rings. The Kier molecular flexibility index (Phi) is 10.4. The fraction of sp³-hybridized carbons (Fsp3) is 0.385. The molecule has 2 heterocycles. The Morgan fingerprint density at radius 3 is 2.45 bits per heavy atom. The van der Waals surface area contributed by atoms with Crippen molar-refractivity contribution in [3.8, 4) is 0 Å². The van der Waals surface area contributed by atoms with Crippen LogP contribution in [-0.2, 0) is 26.6 Å². The molecule has 2 N–H and O–H groups in total. The number of nitrogens with one attached hydrogen (secondary N) is 1. The monoisotopic (exact) mass is 599 g/mol. The number of carbonyl (C=O) groups is 1. The second kappa shape index (κ2) is 13.4.